The molecule has 2 nitrogen and oxygen atoms in total. The average Bonchev–Trinajstić information content (AvgIpc) is 1.85. The normalized spacial score (nSPS) is 33.6. The largest absolute Gasteiger partial charge is 0.354 e. The summed E-state index contributed by atoms with van der Waals surface area (Å²) in [6, 6.07) is 0.374. The second-order valence-electron chi connectivity index (χ2n) is 2.77. The number of hydrogen-bond acceptors (Lipinski definition) is 2. The van der Waals surface area contributed by atoms with E-state index in [1.165, 1.54) is 0 Å². The van der Waals surface area contributed by atoms with Crippen LogP contribution in [0.25, 0.3) is 0 Å². The zero-order valence-corrected chi connectivity index (χ0v) is 7.20. The van der Waals surface area contributed by atoms with E-state index in [-0.39, 0.29) is 5.91 Å². The predicted molar refractivity (Wildman–Crippen MR) is 44.1 cm³/mol. The maximum absolute atomic E-state index is 10.9. The van der Waals surface area contributed by atoms with Crippen molar-refractivity contribution in [1.29, 1.82) is 0 Å². The minimum atomic E-state index is 0.207. The summed E-state index contributed by atoms with van der Waals surface area (Å²) in [7, 11) is 0. The van der Waals surface area contributed by atoms with Crippen LogP contribution >= 0.6 is 11.8 Å². The van der Waals surface area contributed by atoms with E-state index in [0.29, 0.717) is 17.7 Å². The van der Waals surface area contributed by atoms with Gasteiger partial charge in [0.15, 0.2) is 0 Å². The van der Waals surface area contributed by atoms with Gasteiger partial charge in [0.25, 0.3) is 0 Å². The Morgan fingerprint density at radius 1 is 1.70 bits per heavy atom. The zero-order valence-electron chi connectivity index (χ0n) is 6.39. The van der Waals surface area contributed by atoms with Gasteiger partial charge in [-0.15, -0.1) is 0 Å². The van der Waals surface area contributed by atoms with Crippen molar-refractivity contribution in [2.24, 2.45) is 0 Å². The summed E-state index contributed by atoms with van der Waals surface area (Å²) in [4.78, 5) is 10.9. The first-order chi connectivity index (χ1) is 4.72. The van der Waals surface area contributed by atoms with Crippen LogP contribution in [0.4, 0.5) is 0 Å². The molecule has 58 valence electrons. The molecule has 1 N–H and O–H groups in total. The molecule has 0 aromatic heterocycles. The first kappa shape index (κ1) is 7.92. The fourth-order valence-electron chi connectivity index (χ4n) is 1.26. The number of hydrogen-bond donors (Lipinski definition) is 1. The minimum Gasteiger partial charge on any atom is -0.354 e. The molecule has 0 aliphatic carbocycles. The van der Waals surface area contributed by atoms with Crippen LogP contribution in [0.15, 0.2) is 0 Å². The topological polar surface area (TPSA) is 29.1 Å². The highest BCUT2D eigenvalue weighted by Gasteiger charge is 2.22. The van der Waals surface area contributed by atoms with Gasteiger partial charge in [-0.3, -0.25) is 4.79 Å². The molecular formula is C7H13NOS. The fourth-order valence-corrected chi connectivity index (χ4v) is 2.06. The second-order valence-corrected chi connectivity index (χ2v) is 3.90. The molecule has 0 aromatic carbocycles. The molecule has 0 spiro atoms. The number of rotatable bonds is 1. The van der Waals surface area contributed by atoms with Gasteiger partial charge in [0.2, 0.25) is 5.91 Å². The third kappa shape index (κ3) is 1.90. The van der Waals surface area contributed by atoms with Crippen molar-refractivity contribution in [1.82, 2.24) is 5.32 Å². The number of amides is 1. The lowest BCUT2D eigenvalue weighted by molar-refractivity contribution is -0.122. The number of thioether (sulfide) groups is 1. The van der Waals surface area contributed by atoms with Gasteiger partial charge in [0, 0.05) is 17.7 Å². The molecule has 10 heavy (non-hydrogen) atoms. The highest BCUT2D eigenvalue weighted by atomic mass is 32.2. The molecule has 3 heteroatoms. The van der Waals surface area contributed by atoms with Crippen LogP contribution in [0.5, 0.6) is 0 Å². The molecule has 2 atom stereocenters. The Balaban J connectivity index is 2.42. The molecular weight excluding hydrogens is 146 g/mol. The molecule has 1 aliphatic rings. The third-order valence-corrected chi connectivity index (χ3v) is 2.80. The minimum absolute atomic E-state index is 0.207. The van der Waals surface area contributed by atoms with Crippen molar-refractivity contribution in [3.63, 3.8) is 0 Å². The lowest BCUT2D eigenvalue weighted by atomic mass is 10.1. The van der Waals surface area contributed by atoms with Gasteiger partial charge >= 0.3 is 0 Å². The Morgan fingerprint density at radius 3 is 2.90 bits per heavy atom. The SMILES string of the molecule is CSC1CC(=O)NC(C)C1. The van der Waals surface area contributed by atoms with E-state index in [4.69, 9.17) is 0 Å². The molecule has 1 rings (SSSR count). The Bertz CT molecular complexity index is 138. The van der Waals surface area contributed by atoms with Crippen molar-refractivity contribution < 1.29 is 4.79 Å². The molecule has 0 bridgehead atoms. The average molecular weight is 159 g/mol. The monoisotopic (exact) mass is 159 g/mol. The highest BCUT2D eigenvalue weighted by Crippen LogP contribution is 2.20. The van der Waals surface area contributed by atoms with E-state index in [1.54, 1.807) is 11.8 Å². The van der Waals surface area contributed by atoms with Gasteiger partial charge < -0.3 is 5.32 Å². The molecule has 0 saturated carbocycles. The maximum atomic E-state index is 10.9. The standard InChI is InChI=1S/C7H13NOS/c1-5-3-6(10-2)4-7(9)8-5/h5-6H,3-4H2,1-2H3,(H,8,9). The Kier molecular flexibility index (Phi) is 2.60. The first-order valence-electron chi connectivity index (χ1n) is 3.54. The van der Waals surface area contributed by atoms with Gasteiger partial charge in [-0.05, 0) is 19.6 Å². The third-order valence-electron chi connectivity index (χ3n) is 1.77. The van der Waals surface area contributed by atoms with E-state index in [1.807, 2.05) is 0 Å². The van der Waals surface area contributed by atoms with Gasteiger partial charge in [0.1, 0.15) is 0 Å². The molecule has 1 fully saturated rings. The lowest BCUT2D eigenvalue weighted by Gasteiger charge is -2.25. The predicted octanol–water partition coefficient (Wildman–Crippen LogP) is 1.02. The summed E-state index contributed by atoms with van der Waals surface area (Å²) >= 11 is 1.79. The number of carbonyl (C=O) groups excluding carboxylic acids is 1. The quantitative estimate of drug-likeness (QED) is 0.619. The Morgan fingerprint density at radius 2 is 2.40 bits per heavy atom. The maximum Gasteiger partial charge on any atom is 0.221 e. The van der Waals surface area contributed by atoms with Crippen molar-refractivity contribution in [2.45, 2.75) is 31.1 Å². The van der Waals surface area contributed by atoms with Crippen molar-refractivity contribution >= 4 is 17.7 Å². The van der Waals surface area contributed by atoms with Gasteiger partial charge in [-0.2, -0.15) is 11.8 Å². The first-order valence-corrected chi connectivity index (χ1v) is 4.83. The van der Waals surface area contributed by atoms with Crippen LogP contribution in [0.2, 0.25) is 0 Å². The summed E-state index contributed by atoms with van der Waals surface area (Å²) in [5.41, 5.74) is 0. The van der Waals surface area contributed by atoms with E-state index >= 15 is 0 Å². The summed E-state index contributed by atoms with van der Waals surface area (Å²) in [5, 5.41) is 3.44. The van der Waals surface area contributed by atoms with E-state index in [0.717, 1.165) is 6.42 Å². The molecule has 0 radical (unpaired) electrons. The van der Waals surface area contributed by atoms with Crippen LogP contribution < -0.4 is 5.32 Å². The second kappa shape index (κ2) is 3.28. The van der Waals surface area contributed by atoms with Crippen LogP contribution in [-0.2, 0) is 4.79 Å². The van der Waals surface area contributed by atoms with Crippen LogP contribution in [0, 0.1) is 0 Å². The van der Waals surface area contributed by atoms with E-state index < -0.39 is 0 Å². The van der Waals surface area contributed by atoms with Gasteiger partial charge in [-0.25, -0.2) is 0 Å². The molecule has 1 amide bonds. The summed E-state index contributed by atoms with van der Waals surface area (Å²) in [6.07, 6.45) is 3.88. The molecule has 2 unspecified atom stereocenters. The van der Waals surface area contributed by atoms with Crippen molar-refractivity contribution in [3.8, 4) is 0 Å². The van der Waals surface area contributed by atoms with E-state index in [2.05, 4.69) is 18.5 Å². The van der Waals surface area contributed by atoms with Crippen LogP contribution in [0.1, 0.15) is 19.8 Å². The zero-order chi connectivity index (χ0) is 7.56. The lowest BCUT2D eigenvalue weighted by Crippen LogP contribution is -2.41. The molecule has 0 aromatic rings. The van der Waals surface area contributed by atoms with Crippen LogP contribution in [-0.4, -0.2) is 23.5 Å². The molecule has 1 heterocycles. The number of carbonyl (C=O) groups is 1. The Labute approximate surface area is 65.8 Å². The van der Waals surface area contributed by atoms with Gasteiger partial charge in [0.05, 0.1) is 0 Å². The van der Waals surface area contributed by atoms with Crippen molar-refractivity contribution in [3.05, 3.63) is 0 Å². The molecule has 1 saturated heterocycles. The fraction of sp³-hybridized carbons (Fsp3) is 0.857. The van der Waals surface area contributed by atoms with Gasteiger partial charge in [-0.1, -0.05) is 0 Å². The summed E-state index contributed by atoms with van der Waals surface area (Å²) in [6.45, 7) is 2.06. The van der Waals surface area contributed by atoms with E-state index in [9.17, 15) is 4.79 Å². The Hall–Kier alpha value is -0.180. The molecule has 1 aliphatic heterocycles. The number of piperidine rings is 1. The highest BCUT2D eigenvalue weighted by molar-refractivity contribution is 7.99. The van der Waals surface area contributed by atoms with Crippen molar-refractivity contribution in [2.75, 3.05) is 6.26 Å². The smallest absolute Gasteiger partial charge is 0.221 e. The summed E-state index contributed by atoms with van der Waals surface area (Å²) < 4.78 is 0. The number of nitrogens with one attached hydrogen (secondary N) is 1. The van der Waals surface area contributed by atoms with Crippen LogP contribution in [0.3, 0.4) is 0 Å². The summed E-state index contributed by atoms with van der Waals surface area (Å²) in [5.74, 6) is 0.207.